The molecule has 3 heteroatoms. The maximum absolute atomic E-state index is 9.44. The van der Waals surface area contributed by atoms with Crippen molar-refractivity contribution < 1.29 is 9.90 Å². The van der Waals surface area contributed by atoms with Crippen molar-refractivity contribution in [3.05, 3.63) is 36.5 Å². The maximum atomic E-state index is 9.44. The highest BCUT2D eigenvalue weighted by molar-refractivity contribution is 5.83. The summed E-state index contributed by atoms with van der Waals surface area (Å²) in [5.74, 6) is 0.406. The molecule has 2 rings (SSSR count). The van der Waals surface area contributed by atoms with E-state index in [1.807, 2.05) is 18.2 Å². The molecular formula is C12H13NO2. The number of fused-ring (bicyclic) bond motifs is 1. The third-order valence-electron chi connectivity index (χ3n) is 1.61. The molecule has 0 amide bonds. The van der Waals surface area contributed by atoms with Gasteiger partial charge < -0.3 is 9.90 Å². The molecule has 0 fully saturated rings. The van der Waals surface area contributed by atoms with Crippen LogP contribution in [-0.2, 0) is 4.79 Å². The minimum absolute atomic E-state index is 0.167. The fourth-order valence-corrected chi connectivity index (χ4v) is 1.09. The first kappa shape index (κ1) is 11.2. The number of rotatable bonds is 0. The van der Waals surface area contributed by atoms with E-state index in [0.29, 0.717) is 5.52 Å². The van der Waals surface area contributed by atoms with Crippen LogP contribution in [0.25, 0.3) is 10.9 Å². The molecule has 1 aromatic carbocycles. The number of carbonyl (C=O) groups excluding carboxylic acids is 1. The Kier molecular flexibility index (Phi) is 3.80. The van der Waals surface area contributed by atoms with Crippen molar-refractivity contribution in [1.82, 2.24) is 4.98 Å². The van der Waals surface area contributed by atoms with Crippen LogP contribution in [0.1, 0.15) is 13.8 Å². The van der Waals surface area contributed by atoms with Crippen molar-refractivity contribution in [1.29, 1.82) is 0 Å². The first-order valence-electron chi connectivity index (χ1n) is 4.61. The molecule has 0 bridgehead atoms. The summed E-state index contributed by atoms with van der Waals surface area (Å²) in [6.45, 7) is 3.06. The second-order valence-corrected chi connectivity index (χ2v) is 3.26. The second-order valence-electron chi connectivity index (χ2n) is 3.26. The van der Waals surface area contributed by atoms with E-state index in [0.717, 1.165) is 5.39 Å². The molecule has 0 aliphatic heterocycles. The number of aromatic nitrogens is 1. The summed E-state index contributed by atoms with van der Waals surface area (Å²) < 4.78 is 0. The summed E-state index contributed by atoms with van der Waals surface area (Å²) in [6, 6.07) is 9.13. The minimum atomic E-state index is 0.167. The Labute approximate surface area is 88.4 Å². The van der Waals surface area contributed by atoms with E-state index < -0.39 is 0 Å². The van der Waals surface area contributed by atoms with E-state index in [1.165, 1.54) is 13.8 Å². The molecule has 0 spiro atoms. The summed E-state index contributed by atoms with van der Waals surface area (Å²) in [5, 5.41) is 10.3. The fourth-order valence-electron chi connectivity index (χ4n) is 1.09. The van der Waals surface area contributed by atoms with E-state index in [4.69, 9.17) is 0 Å². The quantitative estimate of drug-likeness (QED) is 0.715. The van der Waals surface area contributed by atoms with Gasteiger partial charge in [-0.3, -0.25) is 4.98 Å². The number of aromatic hydroxyl groups is 1. The Hall–Kier alpha value is -1.90. The third-order valence-corrected chi connectivity index (χ3v) is 1.61. The van der Waals surface area contributed by atoms with Crippen molar-refractivity contribution >= 4 is 16.7 Å². The molecule has 0 unspecified atom stereocenters. The number of phenolic OH excluding ortho intramolecular Hbond substituents is 1. The highest BCUT2D eigenvalue weighted by atomic mass is 16.3. The Balaban J connectivity index is 0.000000245. The predicted octanol–water partition coefficient (Wildman–Crippen LogP) is 2.54. The van der Waals surface area contributed by atoms with Crippen LogP contribution in [0.4, 0.5) is 0 Å². The average Bonchev–Trinajstić information content (AvgIpc) is 2.18. The smallest absolute Gasteiger partial charge is 0.141 e. The number of phenols is 1. The summed E-state index contributed by atoms with van der Waals surface area (Å²) >= 11 is 0. The molecule has 15 heavy (non-hydrogen) atoms. The SMILES string of the molecule is CC(C)=O.Oc1cccc2cccnc12. The number of nitrogens with zero attached hydrogens (tertiary/aromatic N) is 1. The van der Waals surface area contributed by atoms with Gasteiger partial charge in [0, 0.05) is 11.6 Å². The van der Waals surface area contributed by atoms with Gasteiger partial charge in [0.25, 0.3) is 0 Å². The van der Waals surface area contributed by atoms with Gasteiger partial charge in [-0.1, -0.05) is 18.2 Å². The largest absolute Gasteiger partial charge is 0.506 e. The Morgan fingerprint density at radius 1 is 1.20 bits per heavy atom. The van der Waals surface area contributed by atoms with Crippen LogP contribution in [0.3, 0.4) is 0 Å². The summed E-state index contributed by atoms with van der Waals surface area (Å²) in [7, 11) is 0. The van der Waals surface area contributed by atoms with Crippen LogP contribution >= 0.6 is 0 Å². The Morgan fingerprint density at radius 2 is 1.80 bits per heavy atom. The lowest BCUT2D eigenvalue weighted by Gasteiger charge is -1.96. The highest BCUT2D eigenvalue weighted by Gasteiger charge is 1.96. The lowest BCUT2D eigenvalue weighted by Crippen LogP contribution is -1.76. The topological polar surface area (TPSA) is 50.2 Å². The molecule has 2 aromatic rings. The Bertz CT molecular complexity index is 457. The van der Waals surface area contributed by atoms with Gasteiger partial charge in [0.15, 0.2) is 0 Å². The van der Waals surface area contributed by atoms with Crippen molar-refractivity contribution in [2.24, 2.45) is 0 Å². The van der Waals surface area contributed by atoms with Gasteiger partial charge in [0.05, 0.1) is 0 Å². The van der Waals surface area contributed by atoms with E-state index in [2.05, 4.69) is 4.98 Å². The van der Waals surface area contributed by atoms with Crippen molar-refractivity contribution in [2.75, 3.05) is 0 Å². The van der Waals surface area contributed by atoms with Crippen molar-refractivity contribution in [3.8, 4) is 5.75 Å². The number of Topliss-reactive ketones (excluding diaryl/α,β-unsaturated/α-hetero) is 1. The molecular weight excluding hydrogens is 190 g/mol. The first-order valence-corrected chi connectivity index (χ1v) is 4.61. The lowest BCUT2D eigenvalue weighted by atomic mass is 10.2. The van der Waals surface area contributed by atoms with E-state index in [1.54, 1.807) is 18.3 Å². The molecule has 0 atom stereocenters. The fraction of sp³-hybridized carbons (Fsp3) is 0.167. The van der Waals surface area contributed by atoms with Gasteiger partial charge in [-0.15, -0.1) is 0 Å². The van der Waals surface area contributed by atoms with Crippen LogP contribution in [0.5, 0.6) is 5.75 Å². The van der Waals surface area contributed by atoms with Gasteiger partial charge in [0.2, 0.25) is 0 Å². The number of para-hydroxylation sites is 1. The van der Waals surface area contributed by atoms with Crippen molar-refractivity contribution in [3.63, 3.8) is 0 Å². The van der Waals surface area contributed by atoms with Crippen LogP contribution in [-0.4, -0.2) is 15.9 Å². The van der Waals surface area contributed by atoms with Gasteiger partial charge in [-0.2, -0.15) is 0 Å². The van der Waals surface area contributed by atoms with Gasteiger partial charge >= 0.3 is 0 Å². The molecule has 78 valence electrons. The van der Waals surface area contributed by atoms with Crippen LogP contribution in [0.15, 0.2) is 36.5 Å². The molecule has 0 saturated heterocycles. The van der Waals surface area contributed by atoms with E-state index >= 15 is 0 Å². The first-order chi connectivity index (χ1) is 7.11. The monoisotopic (exact) mass is 203 g/mol. The van der Waals surface area contributed by atoms with Crippen molar-refractivity contribution in [2.45, 2.75) is 13.8 Å². The van der Waals surface area contributed by atoms with Gasteiger partial charge in [0.1, 0.15) is 17.0 Å². The zero-order chi connectivity index (χ0) is 11.3. The Morgan fingerprint density at radius 3 is 2.40 bits per heavy atom. The summed E-state index contributed by atoms with van der Waals surface area (Å²) in [6.07, 6.45) is 1.67. The minimum Gasteiger partial charge on any atom is -0.506 e. The molecule has 0 saturated carbocycles. The molecule has 0 aliphatic carbocycles. The molecule has 1 aromatic heterocycles. The zero-order valence-electron chi connectivity index (χ0n) is 8.77. The summed E-state index contributed by atoms with van der Waals surface area (Å²) in [5.41, 5.74) is 0.662. The van der Waals surface area contributed by atoms with Gasteiger partial charge in [-0.05, 0) is 26.0 Å². The van der Waals surface area contributed by atoms with Gasteiger partial charge in [-0.25, -0.2) is 0 Å². The van der Waals surface area contributed by atoms with Crippen LogP contribution in [0, 0.1) is 0 Å². The number of hydrogen-bond acceptors (Lipinski definition) is 3. The number of benzene rings is 1. The van der Waals surface area contributed by atoms with E-state index in [-0.39, 0.29) is 11.5 Å². The molecule has 0 radical (unpaired) electrons. The third kappa shape index (κ3) is 3.38. The zero-order valence-corrected chi connectivity index (χ0v) is 8.77. The number of carbonyl (C=O) groups is 1. The normalized spacial score (nSPS) is 9.20. The standard InChI is InChI=1S/C9H7NO.C3H6O/c11-8-5-1-3-7-4-2-6-10-9(7)8;1-3(2)4/h1-6,11H;1-2H3. The molecule has 3 nitrogen and oxygen atoms in total. The number of pyridine rings is 1. The molecule has 1 N–H and O–H groups in total. The maximum Gasteiger partial charge on any atom is 0.141 e. The number of hydrogen-bond donors (Lipinski definition) is 1. The van der Waals surface area contributed by atoms with E-state index in [9.17, 15) is 9.90 Å². The summed E-state index contributed by atoms with van der Waals surface area (Å²) in [4.78, 5) is 13.5. The molecule has 1 heterocycles. The number of ketones is 1. The lowest BCUT2D eigenvalue weighted by molar-refractivity contribution is -0.114. The van der Waals surface area contributed by atoms with Crippen LogP contribution in [0.2, 0.25) is 0 Å². The second kappa shape index (κ2) is 5.10. The predicted molar refractivity (Wildman–Crippen MR) is 59.8 cm³/mol. The highest BCUT2D eigenvalue weighted by Crippen LogP contribution is 2.20. The average molecular weight is 203 g/mol. The van der Waals surface area contributed by atoms with Crippen LogP contribution < -0.4 is 0 Å². The molecule has 0 aliphatic rings.